The molecule has 2 aromatic carbocycles. The quantitative estimate of drug-likeness (QED) is 0.383. The van der Waals surface area contributed by atoms with E-state index in [4.69, 9.17) is 14.9 Å². The number of Topliss-reactive ketones (excluding diaryl/α,β-unsaturated/α-hetero) is 1. The van der Waals surface area contributed by atoms with Crippen LogP contribution in [-0.2, 0) is 9.68 Å². The van der Waals surface area contributed by atoms with Gasteiger partial charge in [0.25, 0.3) is 5.91 Å². The van der Waals surface area contributed by atoms with Crippen molar-refractivity contribution in [2.45, 2.75) is 32.7 Å². The predicted molar refractivity (Wildman–Crippen MR) is 107 cm³/mol. The van der Waals surface area contributed by atoms with Gasteiger partial charge in [-0.1, -0.05) is 6.92 Å². The van der Waals surface area contributed by atoms with Crippen molar-refractivity contribution in [2.24, 2.45) is 0 Å². The summed E-state index contributed by atoms with van der Waals surface area (Å²) in [4.78, 5) is 46.0. The largest absolute Gasteiger partial charge is 0.496 e. The summed E-state index contributed by atoms with van der Waals surface area (Å²) in [6.07, 6.45) is 0.894. The van der Waals surface area contributed by atoms with E-state index in [2.05, 4.69) is 10.2 Å². The molecule has 0 aliphatic heterocycles. The summed E-state index contributed by atoms with van der Waals surface area (Å²) in [5.74, 6) is -0.780. The van der Waals surface area contributed by atoms with E-state index in [-0.39, 0.29) is 29.3 Å². The highest BCUT2D eigenvalue weighted by molar-refractivity contribution is 6.05. The lowest BCUT2D eigenvalue weighted by atomic mass is 10.0. The Morgan fingerprint density at radius 3 is 2.43 bits per heavy atom. The second-order valence-electron chi connectivity index (χ2n) is 6.40. The minimum absolute atomic E-state index is 0.216. The number of rotatable bonds is 9. The number of ketones is 1. The Balaban J connectivity index is 2.01. The zero-order chi connectivity index (χ0) is 22.1. The number of carbonyl (C=O) groups excluding carboxylic acids is 3. The molecule has 0 aliphatic rings. The molecule has 30 heavy (non-hydrogen) atoms. The van der Waals surface area contributed by atoms with Gasteiger partial charge in [-0.3, -0.25) is 19.4 Å². The highest BCUT2D eigenvalue weighted by Crippen LogP contribution is 2.20. The molecule has 0 bridgehead atoms. The number of methoxy groups -OCH3 is 1. The van der Waals surface area contributed by atoms with E-state index in [9.17, 15) is 14.4 Å². The summed E-state index contributed by atoms with van der Waals surface area (Å²) in [6.45, 7) is 3.41. The topological polar surface area (TPSA) is 115 Å². The van der Waals surface area contributed by atoms with Crippen LogP contribution in [0, 0.1) is 11.3 Å². The molecule has 1 unspecified atom stereocenters. The molecule has 0 aliphatic carbocycles. The number of hydrogen-bond acceptors (Lipinski definition) is 7. The molecule has 156 valence electrons. The maximum Gasteiger partial charge on any atom is 0.355 e. The summed E-state index contributed by atoms with van der Waals surface area (Å²) in [7, 11) is 1.39. The van der Waals surface area contributed by atoms with Crippen LogP contribution >= 0.6 is 0 Å². The molecule has 1 amide bonds. The van der Waals surface area contributed by atoms with E-state index in [1.165, 1.54) is 49.6 Å². The first-order valence-electron chi connectivity index (χ1n) is 9.30. The molecule has 0 saturated carbocycles. The van der Waals surface area contributed by atoms with Gasteiger partial charge in [0.05, 0.1) is 30.3 Å². The fourth-order valence-corrected chi connectivity index (χ4v) is 2.55. The Morgan fingerprint density at radius 1 is 1.13 bits per heavy atom. The number of amides is 1. The first-order chi connectivity index (χ1) is 14.4. The molecular weight excluding hydrogens is 388 g/mol. The maximum absolute atomic E-state index is 12.6. The van der Waals surface area contributed by atoms with Crippen LogP contribution in [0.15, 0.2) is 42.5 Å². The summed E-state index contributed by atoms with van der Waals surface area (Å²) in [6, 6.07) is 11.6. The van der Waals surface area contributed by atoms with Crippen LogP contribution in [0.5, 0.6) is 11.5 Å². The van der Waals surface area contributed by atoms with Crippen molar-refractivity contribution in [3.05, 3.63) is 59.2 Å². The average molecular weight is 410 g/mol. The Bertz CT molecular complexity index is 963. The zero-order valence-electron chi connectivity index (χ0n) is 16.9. The molecule has 2 rings (SSSR count). The van der Waals surface area contributed by atoms with Gasteiger partial charge in [-0.15, -0.1) is 0 Å². The normalized spacial score (nSPS) is 11.0. The van der Waals surface area contributed by atoms with Crippen molar-refractivity contribution in [3.8, 4) is 17.6 Å². The molecule has 8 nitrogen and oxygen atoms in total. The number of carbonyl (C=O) groups is 3. The molecule has 0 saturated heterocycles. The molecule has 0 spiro atoms. The number of ether oxygens (including phenoxy) is 1. The Morgan fingerprint density at radius 2 is 1.83 bits per heavy atom. The number of nitrogens with one attached hydrogen (secondary N) is 1. The van der Waals surface area contributed by atoms with E-state index in [0.29, 0.717) is 17.5 Å². The van der Waals surface area contributed by atoms with Crippen LogP contribution in [0.3, 0.4) is 0 Å². The van der Waals surface area contributed by atoms with Crippen molar-refractivity contribution in [2.75, 3.05) is 7.11 Å². The van der Waals surface area contributed by atoms with Crippen molar-refractivity contribution >= 4 is 17.7 Å². The number of benzene rings is 2. The maximum atomic E-state index is 12.6. The summed E-state index contributed by atoms with van der Waals surface area (Å²) >= 11 is 0. The van der Waals surface area contributed by atoms with Crippen LogP contribution in [0.25, 0.3) is 0 Å². The predicted octanol–water partition coefficient (Wildman–Crippen LogP) is 3.21. The SMILES string of the molecule is CCCC(=O)OOc1ccc(C(=O)C(C)NC(=O)c2ccc(C#N)cc2OC)cc1. The monoisotopic (exact) mass is 410 g/mol. The average Bonchev–Trinajstić information content (AvgIpc) is 2.77. The lowest BCUT2D eigenvalue weighted by Crippen LogP contribution is -2.38. The third kappa shape index (κ3) is 5.82. The standard InChI is InChI=1S/C22H22N2O6/c1-4-5-20(25)30-29-17-9-7-16(8-10-17)21(26)14(2)24-22(27)18-11-6-15(13-23)12-19(18)28-3/h6-12,14H,4-5H2,1-3H3,(H,24,27). The molecule has 0 fully saturated rings. The van der Waals surface area contributed by atoms with Crippen LogP contribution < -0.4 is 14.9 Å². The van der Waals surface area contributed by atoms with Gasteiger partial charge in [0.2, 0.25) is 0 Å². The number of hydrogen-bond donors (Lipinski definition) is 1. The summed E-state index contributed by atoms with van der Waals surface area (Å²) in [5.41, 5.74) is 0.922. The van der Waals surface area contributed by atoms with Gasteiger partial charge in [0, 0.05) is 12.0 Å². The van der Waals surface area contributed by atoms with E-state index in [1.807, 2.05) is 13.0 Å². The molecule has 0 aromatic heterocycles. The first-order valence-corrected chi connectivity index (χ1v) is 9.30. The molecule has 1 atom stereocenters. The van der Waals surface area contributed by atoms with E-state index < -0.39 is 17.9 Å². The molecular formula is C22H22N2O6. The minimum Gasteiger partial charge on any atom is -0.496 e. The lowest BCUT2D eigenvalue weighted by molar-refractivity contribution is -0.213. The van der Waals surface area contributed by atoms with E-state index >= 15 is 0 Å². The molecule has 2 aromatic rings. The first kappa shape index (κ1) is 22.4. The fraction of sp³-hybridized carbons (Fsp3) is 0.273. The van der Waals surface area contributed by atoms with Crippen molar-refractivity contribution in [3.63, 3.8) is 0 Å². The second kappa shape index (κ2) is 10.6. The molecule has 0 radical (unpaired) electrons. The van der Waals surface area contributed by atoms with E-state index in [1.54, 1.807) is 6.92 Å². The van der Waals surface area contributed by atoms with Crippen molar-refractivity contribution in [1.29, 1.82) is 5.26 Å². The summed E-state index contributed by atoms with van der Waals surface area (Å²) in [5, 5.41) is 11.6. The van der Waals surface area contributed by atoms with Crippen LogP contribution in [-0.4, -0.2) is 30.8 Å². The fourth-order valence-electron chi connectivity index (χ4n) is 2.55. The van der Waals surface area contributed by atoms with Gasteiger partial charge in [0.15, 0.2) is 11.5 Å². The minimum atomic E-state index is -0.813. The number of nitriles is 1. The van der Waals surface area contributed by atoms with Crippen LogP contribution in [0.4, 0.5) is 0 Å². The molecule has 0 heterocycles. The van der Waals surface area contributed by atoms with Gasteiger partial charge in [-0.2, -0.15) is 5.26 Å². The molecule has 1 N–H and O–H groups in total. The Labute approximate surface area is 174 Å². The lowest BCUT2D eigenvalue weighted by Gasteiger charge is -2.15. The van der Waals surface area contributed by atoms with Crippen LogP contribution in [0.2, 0.25) is 0 Å². The smallest absolute Gasteiger partial charge is 0.355 e. The van der Waals surface area contributed by atoms with Gasteiger partial charge < -0.3 is 10.1 Å². The van der Waals surface area contributed by atoms with Crippen LogP contribution in [0.1, 0.15) is 53.0 Å². The van der Waals surface area contributed by atoms with Gasteiger partial charge >= 0.3 is 5.97 Å². The third-order valence-electron chi connectivity index (χ3n) is 4.14. The summed E-state index contributed by atoms with van der Waals surface area (Å²) < 4.78 is 5.16. The van der Waals surface area contributed by atoms with Gasteiger partial charge in [0.1, 0.15) is 5.75 Å². The van der Waals surface area contributed by atoms with E-state index in [0.717, 1.165) is 0 Å². The van der Waals surface area contributed by atoms with Crippen molar-refractivity contribution in [1.82, 2.24) is 5.32 Å². The van der Waals surface area contributed by atoms with Gasteiger partial charge in [-0.25, -0.2) is 4.79 Å². The third-order valence-corrected chi connectivity index (χ3v) is 4.14. The number of nitrogens with zero attached hydrogens (tertiary/aromatic N) is 1. The Hall–Kier alpha value is -3.86. The zero-order valence-corrected chi connectivity index (χ0v) is 16.9. The Kier molecular flexibility index (Phi) is 7.94. The van der Waals surface area contributed by atoms with Gasteiger partial charge in [-0.05, 0) is 55.8 Å². The van der Waals surface area contributed by atoms with Crippen molar-refractivity contribution < 1.29 is 28.9 Å². The highest BCUT2D eigenvalue weighted by atomic mass is 17.2. The second-order valence-corrected chi connectivity index (χ2v) is 6.40. The highest BCUT2D eigenvalue weighted by Gasteiger charge is 2.21. The molecule has 8 heteroatoms.